The topological polar surface area (TPSA) is 139 Å². The highest BCUT2D eigenvalue weighted by molar-refractivity contribution is 7.89. The first-order valence-electron chi connectivity index (χ1n) is 6.95. The molecule has 0 aromatic heterocycles. The van der Waals surface area contributed by atoms with Crippen LogP contribution < -0.4 is 5.14 Å². The van der Waals surface area contributed by atoms with E-state index in [9.17, 15) is 13.2 Å². The lowest BCUT2D eigenvalue weighted by atomic mass is 10.1. The van der Waals surface area contributed by atoms with E-state index in [-0.39, 0.29) is 23.7 Å². The van der Waals surface area contributed by atoms with E-state index in [1.54, 1.807) is 24.3 Å². The second-order valence-electron chi connectivity index (χ2n) is 4.94. The van der Waals surface area contributed by atoms with Crippen LogP contribution in [0.2, 0.25) is 0 Å². The number of ether oxygens (including phenoxy) is 1. The van der Waals surface area contributed by atoms with Crippen LogP contribution in [0.3, 0.4) is 0 Å². The van der Waals surface area contributed by atoms with Crippen LogP contribution in [0.4, 0.5) is 0 Å². The summed E-state index contributed by atoms with van der Waals surface area (Å²) in [4.78, 5) is 16.5. The van der Waals surface area contributed by atoms with Crippen LogP contribution in [0.15, 0.2) is 53.4 Å². The minimum atomic E-state index is -3.83. The minimum absolute atomic E-state index is 0.0772. The van der Waals surface area contributed by atoms with Crippen molar-refractivity contribution < 1.29 is 33.2 Å². The van der Waals surface area contributed by atoms with Crippen LogP contribution in [0, 0.1) is 0 Å². The van der Waals surface area contributed by atoms with Crippen LogP contribution in [-0.4, -0.2) is 30.2 Å². The molecule has 4 N–H and O–H groups in total. The van der Waals surface area contributed by atoms with E-state index in [4.69, 9.17) is 20.3 Å². The Morgan fingerprint density at radius 2 is 1.56 bits per heavy atom. The normalized spacial score (nSPS) is 11.5. The molecule has 0 saturated heterocycles. The molecule has 0 atom stereocenters. The Morgan fingerprint density at radius 3 is 2.08 bits per heavy atom. The first-order chi connectivity index (χ1) is 11.8. The Kier molecular flexibility index (Phi) is 6.20. The summed E-state index contributed by atoms with van der Waals surface area (Å²) < 4.78 is 27.5. The fourth-order valence-corrected chi connectivity index (χ4v) is 2.49. The number of rotatable bonds is 7. The number of sulfonamides is 1. The van der Waals surface area contributed by atoms with Gasteiger partial charge in [-0.2, -0.15) is 0 Å². The molecule has 134 valence electrons. The van der Waals surface area contributed by atoms with Crippen molar-refractivity contribution in [3.63, 3.8) is 0 Å². The van der Waals surface area contributed by atoms with Gasteiger partial charge in [0.2, 0.25) is 10.0 Å². The van der Waals surface area contributed by atoms with Crippen molar-refractivity contribution in [2.24, 2.45) is 5.14 Å². The largest absolute Gasteiger partial charge is 0.457 e. The lowest BCUT2D eigenvalue weighted by Gasteiger charge is -2.11. The van der Waals surface area contributed by atoms with Crippen molar-refractivity contribution in [1.82, 2.24) is 5.39 Å². The van der Waals surface area contributed by atoms with Gasteiger partial charge in [0.25, 0.3) is 0 Å². The number of carbonyl (C=O) groups excluding carboxylic acids is 1. The van der Waals surface area contributed by atoms with Crippen LogP contribution in [0.25, 0.3) is 0 Å². The quantitative estimate of drug-likeness (QED) is 0.489. The summed E-state index contributed by atoms with van der Waals surface area (Å²) in [7, 11) is -3.83. The van der Waals surface area contributed by atoms with Gasteiger partial charge in [0.1, 0.15) is 6.61 Å². The maximum Gasteiger partial charge on any atom is 0.338 e. The highest BCUT2D eigenvalue weighted by Gasteiger charge is 2.12. The number of nitrogens with zero attached hydrogens (tertiary/aromatic N) is 1. The van der Waals surface area contributed by atoms with Crippen LogP contribution in [-0.2, 0) is 32.8 Å². The zero-order valence-electron chi connectivity index (χ0n) is 12.9. The third-order valence-electron chi connectivity index (χ3n) is 3.23. The Morgan fingerprint density at radius 1 is 1.00 bits per heavy atom. The summed E-state index contributed by atoms with van der Waals surface area (Å²) in [5, 5.41) is 21.7. The van der Waals surface area contributed by atoms with Crippen molar-refractivity contribution in [2.45, 2.75) is 18.1 Å². The van der Waals surface area contributed by atoms with Crippen LogP contribution in [0.1, 0.15) is 21.5 Å². The molecule has 0 saturated carbocycles. The van der Waals surface area contributed by atoms with E-state index >= 15 is 0 Å². The predicted octanol–water partition coefficient (Wildman–Crippen LogP) is 1.20. The Balaban J connectivity index is 2.03. The lowest BCUT2D eigenvalue weighted by Crippen LogP contribution is -2.15. The van der Waals surface area contributed by atoms with E-state index in [0.29, 0.717) is 11.1 Å². The monoisotopic (exact) mass is 368 g/mol. The fraction of sp³-hybridized carbons (Fsp3) is 0.133. The molecule has 0 spiro atoms. The lowest BCUT2D eigenvalue weighted by molar-refractivity contribution is -0.497. The second kappa shape index (κ2) is 8.16. The van der Waals surface area contributed by atoms with Crippen LogP contribution in [0.5, 0.6) is 0 Å². The van der Waals surface area contributed by atoms with Gasteiger partial charge in [0.15, 0.2) is 0 Å². The number of nitrogens with two attached hydrogens (primary N) is 1. The number of benzene rings is 2. The highest BCUT2D eigenvalue weighted by atomic mass is 32.2. The average Bonchev–Trinajstić information content (AvgIpc) is 2.57. The molecule has 0 amide bonds. The Bertz CT molecular complexity index is 835. The molecule has 2 aromatic rings. The number of hydrogen-bond donors (Lipinski definition) is 3. The molecule has 0 fully saturated rings. The van der Waals surface area contributed by atoms with Gasteiger partial charge in [-0.3, -0.25) is 10.4 Å². The highest BCUT2D eigenvalue weighted by Crippen LogP contribution is 2.14. The van der Waals surface area contributed by atoms with Gasteiger partial charge in [0.05, 0.1) is 22.5 Å². The maximum atomic E-state index is 12.0. The third kappa shape index (κ3) is 5.60. The van der Waals surface area contributed by atoms with Crippen molar-refractivity contribution >= 4 is 16.0 Å². The molecule has 25 heavy (non-hydrogen) atoms. The summed E-state index contributed by atoms with van der Waals surface area (Å²) in [6, 6.07) is 11.8. The maximum absolute atomic E-state index is 12.0. The summed E-state index contributed by atoms with van der Waals surface area (Å²) in [5.74, 6) is -0.650. The van der Waals surface area contributed by atoms with Gasteiger partial charge in [-0.05, 0) is 35.4 Å². The standard InChI is InChI=1S/C15H16N2O7S/c16-25(21,22)14-7-5-11(6-8-14)15(18)23-9-12-3-1-2-4-13(12)10-24-17(19)20/h1-8,19-20H,9-10H2,(H2,16,21,22). The zero-order valence-corrected chi connectivity index (χ0v) is 13.7. The molecule has 0 aliphatic rings. The summed E-state index contributed by atoms with van der Waals surface area (Å²) >= 11 is 0. The smallest absolute Gasteiger partial charge is 0.338 e. The first-order valence-corrected chi connectivity index (χ1v) is 8.49. The minimum Gasteiger partial charge on any atom is -0.457 e. The number of hydrogen-bond acceptors (Lipinski definition) is 8. The van der Waals surface area contributed by atoms with Gasteiger partial charge in [-0.15, -0.1) is 0 Å². The SMILES string of the molecule is NS(=O)(=O)c1ccc(C(=O)OCc2ccccc2CON(O)O)cc1. The molecule has 0 bridgehead atoms. The molecule has 0 heterocycles. The van der Waals surface area contributed by atoms with E-state index in [1.165, 1.54) is 24.3 Å². The average molecular weight is 368 g/mol. The summed E-state index contributed by atoms with van der Waals surface area (Å²) in [6.45, 7) is -0.212. The predicted molar refractivity (Wildman–Crippen MR) is 83.6 cm³/mol. The molecular formula is C15H16N2O7S. The van der Waals surface area contributed by atoms with E-state index in [2.05, 4.69) is 4.84 Å². The van der Waals surface area contributed by atoms with Crippen molar-refractivity contribution in [3.8, 4) is 0 Å². The van der Waals surface area contributed by atoms with Crippen LogP contribution >= 0.6 is 0 Å². The van der Waals surface area contributed by atoms with E-state index in [1.807, 2.05) is 0 Å². The molecule has 0 aliphatic carbocycles. The van der Waals surface area contributed by atoms with Gasteiger partial charge >= 0.3 is 5.97 Å². The summed E-state index contributed by atoms with van der Waals surface area (Å²) in [5.41, 5.74) is 1.37. The van der Waals surface area contributed by atoms with Crippen molar-refractivity contribution in [1.29, 1.82) is 0 Å². The molecule has 2 aromatic carbocycles. The Labute approximate surface area is 143 Å². The molecule has 0 radical (unpaired) electrons. The van der Waals surface area contributed by atoms with Crippen molar-refractivity contribution in [2.75, 3.05) is 0 Å². The third-order valence-corrected chi connectivity index (χ3v) is 4.16. The van der Waals surface area contributed by atoms with E-state index in [0.717, 1.165) is 0 Å². The van der Waals surface area contributed by atoms with Gasteiger partial charge in [0, 0.05) is 0 Å². The Hall–Kier alpha value is -2.34. The summed E-state index contributed by atoms with van der Waals surface area (Å²) in [6.07, 6.45) is 0. The molecule has 0 unspecified atom stereocenters. The molecule has 2 rings (SSSR count). The fourth-order valence-electron chi connectivity index (χ4n) is 1.97. The first kappa shape index (κ1) is 19.0. The second-order valence-corrected chi connectivity index (χ2v) is 6.50. The number of carbonyl (C=O) groups is 1. The molecular weight excluding hydrogens is 352 g/mol. The van der Waals surface area contributed by atoms with Crippen molar-refractivity contribution in [3.05, 3.63) is 65.2 Å². The zero-order chi connectivity index (χ0) is 18.4. The molecule has 10 heteroatoms. The molecule has 9 nitrogen and oxygen atoms in total. The van der Waals surface area contributed by atoms with Gasteiger partial charge in [-0.1, -0.05) is 24.3 Å². The van der Waals surface area contributed by atoms with E-state index < -0.39 is 21.4 Å². The van der Waals surface area contributed by atoms with Gasteiger partial charge < -0.3 is 4.74 Å². The molecule has 0 aliphatic heterocycles. The number of primary sulfonamides is 1. The van der Waals surface area contributed by atoms with Gasteiger partial charge in [-0.25, -0.2) is 23.2 Å². The number of esters is 1.